The molecule has 0 saturated carbocycles. The summed E-state index contributed by atoms with van der Waals surface area (Å²) < 4.78 is 10.8. The highest BCUT2D eigenvalue weighted by Gasteiger charge is 2.38. The maximum absolute atomic E-state index is 12.4. The molecule has 0 radical (unpaired) electrons. The van der Waals surface area contributed by atoms with Crippen molar-refractivity contribution in [1.82, 2.24) is 0 Å². The number of amides is 2. The summed E-state index contributed by atoms with van der Waals surface area (Å²) in [6.07, 6.45) is 0.791. The number of nitro groups is 1. The van der Waals surface area contributed by atoms with Crippen molar-refractivity contribution in [2.24, 2.45) is 5.92 Å². The number of ether oxygens (including phenoxy) is 2. The number of carbonyl (C=O) groups excluding carboxylic acids is 2. The summed E-state index contributed by atoms with van der Waals surface area (Å²) in [7, 11) is 3.16. The van der Waals surface area contributed by atoms with Crippen molar-refractivity contribution in [3.63, 3.8) is 0 Å². The van der Waals surface area contributed by atoms with Crippen LogP contribution in [0.2, 0.25) is 0 Å². The van der Waals surface area contributed by atoms with Crippen molar-refractivity contribution < 1.29 is 24.0 Å². The molecule has 2 aromatic carbocycles. The number of nitro benzene ring substituents is 1. The van der Waals surface area contributed by atoms with Crippen LogP contribution >= 0.6 is 0 Å². The maximum atomic E-state index is 12.4. The molecule has 1 fully saturated rings. The lowest BCUT2D eigenvalue weighted by atomic mass is 9.92. The minimum absolute atomic E-state index is 0.111. The van der Waals surface area contributed by atoms with Crippen LogP contribution in [0.4, 0.5) is 17.1 Å². The molecule has 2 amide bonds. The van der Waals surface area contributed by atoms with Gasteiger partial charge in [0, 0.05) is 24.9 Å². The lowest BCUT2D eigenvalue weighted by Gasteiger charge is -2.37. The van der Waals surface area contributed by atoms with Gasteiger partial charge in [-0.15, -0.1) is 0 Å². The van der Waals surface area contributed by atoms with Crippen LogP contribution in [0.3, 0.4) is 0 Å². The number of carbonyl (C=O) groups is 2. The largest absolute Gasteiger partial charge is 0.493 e. The van der Waals surface area contributed by atoms with Gasteiger partial charge < -0.3 is 14.4 Å². The molecule has 2 atom stereocenters. The molecule has 0 unspecified atom stereocenters. The van der Waals surface area contributed by atoms with Crippen molar-refractivity contribution in [2.45, 2.75) is 32.7 Å². The molecule has 0 aliphatic carbocycles. The second kappa shape index (κ2) is 8.14. The Balaban J connectivity index is 1.73. The first-order valence-corrected chi connectivity index (χ1v) is 10.4. The number of benzene rings is 2. The molecule has 9 heteroatoms. The van der Waals surface area contributed by atoms with Gasteiger partial charge in [-0.1, -0.05) is 6.92 Å². The van der Waals surface area contributed by atoms with E-state index >= 15 is 0 Å². The van der Waals surface area contributed by atoms with Gasteiger partial charge in [-0.25, -0.2) is 0 Å². The number of rotatable bonds is 5. The molecule has 0 aromatic heterocycles. The fourth-order valence-corrected chi connectivity index (χ4v) is 4.57. The fourth-order valence-electron chi connectivity index (χ4n) is 4.57. The SMILES string of the molecule is COc1cc2c(cc1OC)[C@@H](C)N(c1ccc(N3C(=O)C[C@@H](C)C3=O)cc1[N+](=O)[O-])CC2. The van der Waals surface area contributed by atoms with Crippen molar-refractivity contribution in [3.05, 3.63) is 51.6 Å². The van der Waals surface area contributed by atoms with Crippen molar-refractivity contribution >= 4 is 28.9 Å². The number of anilines is 2. The highest BCUT2D eigenvalue weighted by molar-refractivity contribution is 6.21. The van der Waals surface area contributed by atoms with Crippen LogP contribution < -0.4 is 19.3 Å². The van der Waals surface area contributed by atoms with Gasteiger partial charge in [0.25, 0.3) is 5.69 Å². The Kier molecular flexibility index (Phi) is 5.50. The molecule has 2 aliphatic rings. The first-order valence-electron chi connectivity index (χ1n) is 10.4. The monoisotopic (exact) mass is 439 g/mol. The van der Waals surface area contributed by atoms with Gasteiger partial charge in [-0.05, 0) is 48.7 Å². The molecule has 32 heavy (non-hydrogen) atoms. The third-order valence-electron chi connectivity index (χ3n) is 6.28. The zero-order valence-electron chi connectivity index (χ0n) is 18.5. The van der Waals surface area contributed by atoms with E-state index in [9.17, 15) is 19.7 Å². The van der Waals surface area contributed by atoms with Gasteiger partial charge in [0.15, 0.2) is 11.5 Å². The van der Waals surface area contributed by atoms with Crippen LogP contribution in [0.1, 0.15) is 37.4 Å². The Morgan fingerprint density at radius 1 is 1.06 bits per heavy atom. The Labute approximate surface area is 185 Å². The summed E-state index contributed by atoms with van der Waals surface area (Å²) in [5, 5.41) is 11.9. The summed E-state index contributed by atoms with van der Waals surface area (Å²) in [5.74, 6) is 0.150. The highest BCUT2D eigenvalue weighted by atomic mass is 16.6. The zero-order valence-corrected chi connectivity index (χ0v) is 18.5. The second-order valence-electron chi connectivity index (χ2n) is 8.13. The molecule has 9 nitrogen and oxygen atoms in total. The number of nitrogens with zero attached hydrogens (tertiary/aromatic N) is 3. The van der Waals surface area contributed by atoms with E-state index in [1.807, 2.05) is 24.0 Å². The van der Waals surface area contributed by atoms with E-state index in [0.29, 0.717) is 30.2 Å². The van der Waals surface area contributed by atoms with E-state index in [2.05, 4.69) is 0 Å². The van der Waals surface area contributed by atoms with Crippen molar-refractivity contribution in [1.29, 1.82) is 0 Å². The minimum Gasteiger partial charge on any atom is -0.493 e. The summed E-state index contributed by atoms with van der Waals surface area (Å²) in [6, 6.07) is 8.25. The predicted octanol–water partition coefficient (Wildman–Crippen LogP) is 3.64. The van der Waals surface area contributed by atoms with Crippen molar-refractivity contribution in [3.8, 4) is 11.5 Å². The highest BCUT2D eigenvalue weighted by Crippen LogP contribution is 2.43. The topological polar surface area (TPSA) is 102 Å². The number of imide groups is 1. The smallest absolute Gasteiger partial charge is 0.294 e. The van der Waals surface area contributed by atoms with Crippen molar-refractivity contribution in [2.75, 3.05) is 30.6 Å². The molecule has 2 aromatic rings. The summed E-state index contributed by atoms with van der Waals surface area (Å²) in [5.41, 5.74) is 2.65. The molecule has 4 rings (SSSR count). The third-order valence-corrected chi connectivity index (χ3v) is 6.28. The lowest BCUT2D eigenvalue weighted by molar-refractivity contribution is -0.384. The fraction of sp³-hybridized carbons (Fsp3) is 0.391. The summed E-state index contributed by atoms with van der Waals surface area (Å²) >= 11 is 0. The van der Waals surface area contributed by atoms with Gasteiger partial charge in [0.1, 0.15) is 5.69 Å². The molecular weight excluding hydrogens is 414 g/mol. The van der Waals surface area contributed by atoms with Gasteiger partial charge in [-0.2, -0.15) is 0 Å². The molecular formula is C23H25N3O6. The van der Waals surface area contributed by atoms with E-state index in [4.69, 9.17) is 9.47 Å². The second-order valence-corrected chi connectivity index (χ2v) is 8.13. The van der Waals surface area contributed by atoms with Gasteiger partial charge in [0.05, 0.1) is 30.9 Å². The molecule has 1 saturated heterocycles. The number of fused-ring (bicyclic) bond motifs is 1. The first kappa shape index (κ1) is 21.6. The lowest BCUT2D eigenvalue weighted by Crippen LogP contribution is -2.34. The van der Waals surface area contributed by atoms with E-state index in [1.54, 1.807) is 33.3 Å². The maximum Gasteiger partial charge on any atom is 0.294 e. The molecule has 0 bridgehead atoms. The van der Waals surface area contributed by atoms with Crippen LogP contribution in [0.5, 0.6) is 11.5 Å². The zero-order chi connectivity index (χ0) is 23.2. The van der Waals surface area contributed by atoms with Crippen LogP contribution in [0.25, 0.3) is 0 Å². The molecule has 2 aliphatic heterocycles. The Bertz CT molecular complexity index is 1120. The predicted molar refractivity (Wildman–Crippen MR) is 118 cm³/mol. The van der Waals surface area contributed by atoms with E-state index in [0.717, 1.165) is 16.0 Å². The number of methoxy groups -OCH3 is 2. The average molecular weight is 439 g/mol. The average Bonchev–Trinajstić information content (AvgIpc) is 3.04. The summed E-state index contributed by atoms with van der Waals surface area (Å²) in [4.78, 5) is 39.2. The Hall–Kier alpha value is -3.62. The number of hydrogen-bond donors (Lipinski definition) is 0. The standard InChI is InChI=1S/C23H25N3O6/c1-13-9-22(27)25(23(13)28)16-5-6-18(19(11-16)26(29)30)24-8-7-15-10-20(31-3)21(32-4)12-17(15)14(24)2/h5-6,10-14H,7-9H2,1-4H3/t13-,14-/m1/s1. The van der Waals surface area contributed by atoms with E-state index in [-0.39, 0.29) is 35.7 Å². The van der Waals surface area contributed by atoms with Gasteiger partial charge in [0.2, 0.25) is 11.8 Å². The van der Waals surface area contributed by atoms with E-state index in [1.165, 1.54) is 6.07 Å². The first-order chi connectivity index (χ1) is 15.3. The van der Waals surface area contributed by atoms with E-state index < -0.39 is 10.8 Å². The Morgan fingerprint density at radius 2 is 1.75 bits per heavy atom. The molecule has 0 spiro atoms. The van der Waals surface area contributed by atoms with Gasteiger partial charge >= 0.3 is 0 Å². The Morgan fingerprint density at radius 3 is 2.34 bits per heavy atom. The summed E-state index contributed by atoms with van der Waals surface area (Å²) in [6.45, 7) is 4.23. The minimum atomic E-state index is -0.468. The van der Waals surface area contributed by atoms with Crippen LogP contribution in [0.15, 0.2) is 30.3 Å². The van der Waals surface area contributed by atoms with Gasteiger partial charge in [-0.3, -0.25) is 24.6 Å². The third kappa shape index (κ3) is 3.43. The normalized spacial score (nSPS) is 20.4. The van der Waals surface area contributed by atoms with Crippen LogP contribution in [0, 0.1) is 16.0 Å². The molecule has 0 N–H and O–H groups in total. The molecule has 2 heterocycles. The van der Waals surface area contributed by atoms with Crippen LogP contribution in [-0.4, -0.2) is 37.5 Å². The van der Waals surface area contributed by atoms with Crippen LogP contribution in [-0.2, 0) is 16.0 Å². The quantitative estimate of drug-likeness (QED) is 0.398. The molecule has 168 valence electrons. The number of hydrogen-bond acceptors (Lipinski definition) is 7.